The van der Waals surface area contributed by atoms with E-state index in [2.05, 4.69) is 15.3 Å². The van der Waals surface area contributed by atoms with Crippen LogP contribution in [0.3, 0.4) is 0 Å². The van der Waals surface area contributed by atoms with Gasteiger partial charge in [0.2, 0.25) is 5.91 Å². The molecule has 0 aliphatic carbocycles. The van der Waals surface area contributed by atoms with E-state index < -0.39 is 0 Å². The smallest absolute Gasteiger partial charge is 0.237 e. The molecule has 1 heterocycles. The van der Waals surface area contributed by atoms with Gasteiger partial charge in [-0.05, 0) is 31.2 Å². The lowest BCUT2D eigenvalue weighted by molar-refractivity contribution is -0.125. The van der Waals surface area contributed by atoms with E-state index in [0.717, 1.165) is 13.0 Å². The highest BCUT2D eigenvalue weighted by atomic mass is 16.2. The molecule has 1 amide bonds. The average Bonchev–Trinajstić information content (AvgIpc) is 2.36. The van der Waals surface area contributed by atoms with Crippen molar-refractivity contribution in [1.82, 2.24) is 15.3 Å². The van der Waals surface area contributed by atoms with E-state index in [1.165, 1.54) is 5.56 Å². The lowest BCUT2D eigenvalue weighted by atomic mass is 10.1. The van der Waals surface area contributed by atoms with E-state index in [-0.39, 0.29) is 11.8 Å². The van der Waals surface area contributed by atoms with Gasteiger partial charge in [-0.3, -0.25) is 15.2 Å². The minimum absolute atomic E-state index is 0.0950. The Bertz CT molecular complexity index is 342. The molecular weight excluding hydrogens is 216 g/mol. The molecule has 0 spiro atoms. The molecule has 1 atom stereocenters. The van der Waals surface area contributed by atoms with E-state index in [1.807, 2.05) is 26.1 Å². The van der Waals surface area contributed by atoms with Gasteiger partial charge in [-0.15, -0.1) is 0 Å². The second-order valence-electron chi connectivity index (χ2n) is 4.28. The molecule has 1 aromatic heterocycles. The van der Waals surface area contributed by atoms with Gasteiger partial charge in [0.15, 0.2) is 0 Å². The van der Waals surface area contributed by atoms with Gasteiger partial charge in [-0.2, -0.15) is 0 Å². The Labute approximate surface area is 102 Å². The highest BCUT2D eigenvalue weighted by Gasteiger charge is 2.13. The van der Waals surface area contributed by atoms with Crippen LogP contribution in [0.2, 0.25) is 0 Å². The number of rotatable bonds is 6. The van der Waals surface area contributed by atoms with Gasteiger partial charge >= 0.3 is 0 Å². The summed E-state index contributed by atoms with van der Waals surface area (Å²) in [7, 11) is 2.00. The van der Waals surface area contributed by atoms with E-state index in [9.17, 15) is 4.79 Å². The van der Waals surface area contributed by atoms with Gasteiger partial charge < -0.3 is 4.90 Å². The number of hydrogen-bond donors (Lipinski definition) is 2. The average molecular weight is 236 g/mol. The standard InChI is InChI=1S/C12H20N4O/c1-10(12(17)15-13)9-16(2)8-5-11-3-6-14-7-4-11/h3-4,6-7,10H,5,8-9,13H2,1-2H3,(H,15,17). The predicted molar refractivity (Wildman–Crippen MR) is 66.9 cm³/mol. The molecule has 0 aromatic carbocycles. The Hall–Kier alpha value is -1.46. The fourth-order valence-electron chi connectivity index (χ4n) is 1.65. The molecule has 1 unspecified atom stereocenters. The van der Waals surface area contributed by atoms with Crippen molar-refractivity contribution >= 4 is 5.91 Å². The van der Waals surface area contributed by atoms with Crippen molar-refractivity contribution < 1.29 is 4.79 Å². The maximum atomic E-state index is 11.3. The summed E-state index contributed by atoms with van der Waals surface area (Å²) in [5, 5.41) is 0. The van der Waals surface area contributed by atoms with Crippen LogP contribution in [0.4, 0.5) is 0 Å². The Morgan fingerprint density at radius 2 is 2.18 bits per heavy atom. The number of hydrazine groups is 1. The monoisotopic (exact) mass is 236 g/mol. The summed E-state index contributed by atoms with van der Waals surface area (Å²) in [6.07, 6.45) is 4.54. The van der Waals surface area contributed by atoms with Gasteiger partial charge in [0.05, 0.1) is 0 Å². The molecule has 0 saturated heterocycles. The van der Waals surface area contributed by atoms with E-state index in [4.69, 9.17) is 5.84 Å². The van der Waals surface area contributed by atoms with Gasteiger partial charge in [-0.1, -0.05) is 6.92 Å². The second kappa shape index (κ2) is 6.98. The summed E-state index contributed by atoms with van der Waals surface area (Å²) >= 11 is 0. The first-order valence-corrected chi connectivity index (χ1v) is 5.71. The quantitative estimate of drug-likeness (QED) is 0.420. The molecule has 5 heteroatoms. The maximum Gasteiger partial charge on any atom is 0.237 e. The van der Waals surface area contributed by atoms with Crippen LogP contribution in [-0.2, 0) is 11.2 Å². The van der Waals surface area contributed by atoms with Crippen molar-refractivity contribution in [2.24, 2.45) is 11.8 Å². The Morgan fingerprint density at radius 1 is 1.53 bits per heavy atom. The molecule has 1 rings (SSSR count). The number of nitrogens with one attached hydrogen (secondary N) is 1. The molecule has 5 nitrogen and oxygen atoms in total. The number of nitrogens with zero attached hydrogens (tertiary/aromatic N) is 2. The Morgan fingerprint density at radius 3 is 2.76 bits per heavy atom. The molecule has 0 saturated carbocycles. The SMILES string of the molecule is CC(CN(C)CCc1ccncc1)C(=O)NN. The van der Waals surface area contributed by atoms with Crippen molar-refractivity contribution in [2.45, 2.75) is 13.3 Å². The van der Waals surface area contributed by atoms with Crippen LogP contribution in [0.1, 0.15) is 12.5 Å². The largest absolute Gasteiger partial charge is 0.305 e. The molecule has 0 radical (unpaired) electrons. The topological polar surface area (TPSA) is 71.2 Å². The summed E-state index contributed by atoms with van der Waals surface area (Å²) in [6.45, 7) is 3.48. The van der Waals surface area contributed by atoms with E-state index >= 15 is 0 Å². The van der Waals surface area contributed by atoms with Crippen LogP contribution in [-0.4, -0.2) is 35.9 Å². The van der Waals surface area contributed by atoms with Gasteiger partial charge in [0.1, 0.15) is 0 Å². The summed E-state index contributed by atoms with van der Waals surface area (Å²) in [4.78, 5) is 17.4. The molecule has 94 valence electrons. The highest BCUT2D eigenvalue weighted by Crippen LogP contribution is 2.02. The van der Waals surface area contributed by atoms with Crippen molar-refractivity contribution in [3.05, 3.63) is 30.1 Å². The fraction of sp³-hybridized carbons (Fsp3) is 0.500. The predicted octanol–water partition coefficient (Wildman–Crippen LogP) is 0.182. The first-order valence-electron chi connectivity index (χ1n) is 5.71. The number of amides is 1. The van der Waals surface area contributed by atoms with E-state index in [1.54, 1.807) is 12.4 Å². The minimum Gasteiger partial charge on any atom is -0.305 e. The third-order valence-electron chi connectivity index (χ3n) is 2.71. The third kappa shape index (κ3) is 4.93. The summed E-state index contributed by atoms with van der Waals surface area (Å²) in [5.41, 5.74) is 3.42. The fourth-order valence-corrected chi connectivity index (χ4v) is 1.65. The number of aromatic nitrogens is 1. The Kier molecular flexibility index (Phi) is 5.59. The first-order chi connectivity index (χ1) is 8.13. The highest BCUT2D eigenvalue weighted by molar-refractivity contribution is 5.77. The van der Waals surface area contributed by atoms with E-state index in [0.29, 0.717) is 6.54 Å². The zero-order valence-electron chi connectivity index (χ0n) is 10.4. The number of carbonyl (C=O) groups is 1. The molecule has 3 N–H and O–H groups in total. The number of pyridine rings is 1. The lowest BCUT2D eigenvalue weighted by Gasteiger charge is -2.20. The van der Waals surface area contributed by atoms with Crippen LogP contribution in [0, 0.1) is 5.92 Å². The van der Waals surface area contributed by atoms with Crippen LogP contribution < -0.4 is 11.3 Å². The number of nitrogens with two attached hydrogens (primary N) is 1. The van der Waals surface area contributed by atoms with Gasteiger partial charge in [0.25, 0.3) is 0 Å². The van der Waals surface area contributed by atoms with Crippen molar-refractivity contribution in [1.29, 1.82) is 0 Å². The van der Waals surface area contributed by atoms with Crippen molar-refractivity contribution in [3.63, 3.8) is 0 Å². The normalized spacial score (nSPS) is 12.5. The maximum absolute atomic E-state index is 11.3. The van der Waals surface area contributed by atoms with Crippen molar-refractivity contribution in [3.8, 4) is 0 Å². The molecule has 0 bridgehead atoms. The molecular formula is C12H20N4O. The van der Waals surface area contributed by atoms with Crippen molar-refractivity contribution in [2.75, 3.05) is 20.1 Å². The van der Waals surface area contributed by atoms with Crippen LogP contribution in [0.15, 0.2) is 24.5 Å². The lowest BCUT2D eigenvalue weighted by Crippen LogP contribution is -2.39. The number of hydrogen-bond acceptors (Lipinski definition) is 4. The molecule has 17 heavy (non-hydrogen) atoms. The molecule has 1 aromatic rings. The van der Waals surface area contributed by atoms with Crippen LogP contribution in [0.25, 0.3) is 0 Å². The van der Waals surface area contributed by atoms with Crippen LogP contribution >= 0.6 is 0 Å². The zero-order chi connectivity index (χ0) is 12.7. The first kappa shape index (κ1) is 13.6. The van der Waals surface area contributed by atoms with Crippen LogP contribution in [0.5, 0.6) is 0 Å². The number of carbonyl (C=O) groups excluding carboxylic acids is 1. The summed E-state index contributed by atoms with van der Waals surface area (Å²) in [5.74, 6) is 4.87. The third-order valence-corrected chi connectivity index (χ3v) is 2.71. The number of likely N-dealkylation sites (N-methyl/N-ethyl adjacent to an activating group) is 1. The molecule has 0 aliphatic rings. The summed E-state index contributed by atoms with van der Waals surface area (Å²) in [6, 6.07) is 4.01. The Balaban J connectivity index is 2.30. The molecule has 0 fully saturated rings. The minimum atomic E-state index is -0.124. The van der Waals surface area contributed by atoms with Gasteiger partial charge in [0, 0.05) is 31.4 Å². The zero-order valence-corrected chi connectivity index (χ0v) is 10.4. The summed E-state index contributed by atoms with van der Waals surface area (Å²) < 4.78 is 0. The second-order valence-corrected chi connectivity index (χ2v) is 4.28. The molecule has 0 aliphatic heterocycles. The van der Waals surface area contributed by atoms with Gasteiger partial charge in [-0.25, -0.2) is 5.84 Å².